The molecule has 136 valence electrons. The fourth-order valence-electron chi connectivity index (χ4n) is 2.27. The summed E-state index contributed by atoms with van der Waals surface area (Å²) < 4.78 is 0. The molecule has 1 aromatic rings. The molecule has 1 fully saturated rings. The molecule has 3 N–H and O–H groups in total. The molecule has 1 saturated carbocycles. The zero-order valence-electron chi connectivity index (χ0n) is 14.1. The largest absolute Gasteiger partial charge is 0.340 e. The summed E-state index contributed by atoms with van der Waals surface area (Å²) in [5.74, 6) is -1.01. The van der Waals surface area contributed by atoms with E-state index in [0.717, 1.165) is 12.8 Å². The summed E-state index contributed by atoms with van der Waals surface area (Å²) in [5.41, 5.74) is 5.01. The van der Waals surface area contributed by atoms with Crippen molar-refractivity contribution < 1.29 is 14.4 Å². The van der Waals surface area contributed by atoms with Crippen LogP contribution in [0.25, 0.3) is 0 Å². The Morgan fingerprint density at radius 3 is 2.40 bits per heavy atom. The Hall–Kier alpha value is -1.79. The predicted octanol–water partition coefficient (Wildman–Crippen LogP) is 2.70. The van der Waals surface area contributed by atoms with Crippen molar-refractivity contribution in [1.29, 1.82) is 0 Å². The molecule has 0 bridgehead atoms. The van der Waals surface area contributed by atoms with Crippen molar-refractivity contribution in [2.75, 3.05) is 0 Å². The fourth-order valence-corrected chi connectivity index (χ4v) is 2.76. The Kier molecular flexibility index (Phi) is 6.67. The lowest BCUT2D eigenvalue weighted by atomic mass is 10.0. The van der Waals surface area contributed by atoms with Crippen molar-refractivity contribution >= 4 is 40.9 Å². The molecule has 0 spiro atoms. The zero-order chi connectivity index (χ0) is 18.6. The van der Waals surface area contributed by atoms with E-state index in [1.165, 1.54) is 12.1 Å². The van der Waals surface area contributed by atoms with Gasteiger partial charge in [0.1, 0.15) is 6.04 Å². The number of hydrazine groups is 1. The van der Waals surface area contributed by atoms with Crippen molar-refractivity contribution in [2.45, 2.75) is 39.2 Å². The molecule has 1 aromatic carbocycles. The quantitative estimate of drug-likeness (QED) is 0.657. The Morgan fingerprint density at radius 1 is 1.16 bits per heavy atom. The van der Waals surface area contributed by atoms with Crippen LogP contribution in [0.15, 0.2) is 18.2 Å². The minimum absolute atomic E-state index is 0.0219. The molecular formula is C17H21Cl2N3O3. The summed E-state index contributed by atoms with van der Waals surface area (Å²) >= 11 is 11.9. The SMILES string of the molecule is CC(C)CC(NC(=O)c1ccc(Cl)cc1Cl)C(=O)NNC(=O)C1CC1. The number of hydrogen-bond acceptors (Lipinski definition) is 3. The molecule has 3 amide bonds. The summed E-state index contributed by atoms with van der Waals surface area (Å²) in [6.07, 6.45) is 2.09. The van der Waals surface area contributed by atoms with Crippen molar-refractivity contribution in [3.8, 4) is 0 Å². The molecule has 1 aliphatic carbocycles. The third kappa shape index (κ3) is 5.90. The third-order valence-electron chi connectivity index (χ3n) is 3.76. The zero-order valence-corrected chi connectivity index (χ0v) is 15.6. The standard InChI is InChI=1S/C17H21Cl2N3O3/c1-9(2)7-14(17(25)22-21-15(23)10-3-4-10)20-16(24)12-6-5-11(18)8-13(12)19/h5-6,8-10,14H,3-4,7H2,1-2H3,(H,20,24)(H,21,23)(H,22,25). The lowest BCUT2D eigenvalue weighted by molar-refractivity contribution is -0.130. The Labute approximate surface area is 156 Å². The monoisotopic (exact) mass is 385 g/mol. The Balaban J connectivity index is 2.01. The van der Waals surface area contributed by atoms with Crippen LogP contribution in [0.5, 0.6) is 0 Å². The third-order valence-corrected chi connectivity index (χ3v) is 4.31. The van der Waals surface area contributed by atoms with Gasteiger partial charge in [0.05, 0.1) is 10.6 Å². The molecule has 0 saturated heterocycles. The summed E-state index contributed by atoms with van der Waals surface area (Å²) in [6.45, 7) is 3.87. The van der Waals surface area contributed by atoms with Gasteiger partial charge in [0.25, 0.3) is 11.8 Å². The molecule has 0 radical (unpaired) electrons. The smallest absolute Gasteiger partial charge is 0.260 e. The van der Waals surface area contributed by atoms with Gasteiger partial charge in [0.15, 0.2) is 0 Å². The highest BCUT2D eigenvalue weighted by Crippen LogP contribution is 2.28. The number of benzene rings is 1. The van der Waals surface area contributed by atoms with Gasteiger partial charge in [0, 0.05) is 10.9 Å². The first-order chi connectivity index (χ1) is 11.8. The van der Waals surface area contributed by atoms with Crippen LogP contribution in [0.2, 0.25) is 10.0 Å². The second kappa shape index (κ2) is 8.54. The van der Waals surface area contributed by atoms with Gasteiger partial charge in [-0.3, -0.25) is 25.2 Å². The second-order valence-electron chi connectivity index (χ2n) is 6.53. The van der Waals surface area contributed by atoms with E-state index in [-0.39, 0.29) is 28.3 Å². The Morgan fingerprint density at radius 2 is 1.84 bits per heavy atom. The molecule has 8 heteroatoms. The minimum atomic E-state index is -0.793. The average molecular weight is 386 g/mol. The number of carbonyl (C=O) groups is 3. The lowest BCUT2D eigenvalue weighted by Crippen LogP contribution is -2.53. The van der Waals surface area contributed by atoms with Gasteiger partial charge < -0.3 is 5.32 Å². The number of hydrogen-bond donors (Lipinski definition) is 3. The molecule has 1 unspecified atom stereocenters. The van der Waals surface area contributed by atoms with Crippen molar-refractivity contribution in [3.05, 3.63) is 33.8 Å². The number of rotatable bonds is 6. The molecule has 2 rings (SSSR count). The van der Waals surface area contributed by atoms with E-state index in [4.69, 9.17) is 23.2 Å². The summed E-state index contributed by atoms with van der Waals surface area (Å²) in [4.78, 5) is 36.4. The number of nitrogens with one attached hydrogen (secondary N) is 3. The van der Waals surface area contributed by atoms with Crippen LogP contribution in [0.1, 0.15) is 43.5 Å². The Bertz CT molecular complexity index is 675. The lowest BCUT2D eigenvalue weighted by Gasteiger charge is -2.20. The topological polar surface area (TPSA) is 87.3 Å². The highest BCUT2D eigenvalue weighted by atomic mass is 35.5. The van der Waals surface area contributed by atoms with Gasteiger partial charge >= 0.3 is 0 Å². The molecule has 25 heavy (non-hydrogen) atoms. The molecule has 1 aliphatic rings. The van der Waals surface area contributed by atoms with E-state index in [1.807, 2.05) is 13.8 Å². The van der Waals surface area contributed by atoms with Crippen LogP contribution in [0.3, 0.4) is 0 Å². The maximum absolute atomic E-state index is 12.4. The van der Waals surface area contributed by atoms with Crippen molar-refractivity contribution in [2.24, 2.45) is 11.8 Å². The highest BCUT2D eigenvalue weighted by Gasteiger charge is 2.30. The average Bonchev–Trinajstić information content (AvgIpc) is 3.35. The first kappa shape index (κ1) is 19.5. The normalized spacial score (nSPS) is 14.8. The van der Waals surface area contributed by atoms with Crippen LogP contribution < -0.4 is 16.2 Å². The van der Waals surface area contributed by atoms with E-state index < -0.39 is 17.9 Å². The van der Waals surface area contributed by atoms with Crippen LogP contribution in [-0.2, 0) is 9.59 Å². The van der Waals surface area contributed by atoms with Crippen LogP contribution >= 0.6 is 23.2 Å². The van der Waals surface area contributed by atoms with Gasteiger partial charge in [-0.25, -0.2) is 0 Å². The number of halogens is 2. The highest BCUT2D eigenvalue weighted by molar-refractivity contribution is 6.36. The van der Waals surface area contributed by atoms with E-state index in [9.17, 15) is 14.4 Å². The molecule has 0 aliphatic heterocycles. The number of amides is 3. The van der Waals surface area contributed by atoms with Crippen LogP contribution in [-0.4, -0.2) is 23.8 Å². The molecule has 0 aromatic heterocycles. The van der Waals surface area contributed by atoms with Crippen LogP contribution in [0, 0.1) is 11.8 Å². The van der Waals surface area contributed by atoms with E-state index >= 15 is 0 Å². The van der Waals surface area contributed by atoms with E-state index in [2.05, 4.69) is 16.2 Å². The minimum Gasteiger partial charge on any atom is -0.340 e. The van der Waals surface area contributed by atoms with Gasteiger partial charge in [-0.15, -0.1) is 0 Å². The van der Waals surface area contributed by atoms with Gasteiger partial charge in [0.2, 0.25) is 5.91 Å². The molecule has 1 atom stereocenters. The van der Waals surface area contributed by atoms with Crippen LogP contribution in [0.4, 0.5) is 0 Å². The molecule has 6 nitrogen and oxygen atoms in total. The predicted molar refractivity (Wildman–Crippen MR) is 96.2 cm³/mol. The van der Waals surface area contributed by atoms with E-state index in [0.29, 0.717) is 11.4 Å². The maximum atomic E-state index is 12.4. The number of carbonyl (C=O) groups excluding carboxylic acids is 3. The van der Waals surface area contributed by atoms with Gasteiger partial charge in [-0.05, 0) is 43.4 Å². The fraction of sp³-hybridized carbons (Fsp3) is 0.471. The molecule has 0 heterocycles. The van der Waals surface area contributed by atoms with Gasteiger partial charge in [-0.1, -0.05) is 37.0 Å². The van der Waals surface area contributed by atoms with Crippen molar-refractivity contribution in [1.82, 2.24) is 16.2 Å². The maximum Gasteiger partial charge on any atom is 0.260 e. The van der Waals surface area contributed by atoms with Crippen molar-refractivity contribution in [3.63, 3.8) is 0 Å². The summed E-state index contributed by atoms with van der Waals surface area (Å²) in [7, 11) is 0. The summed E-state index contributed by atoms with van der Waals surface area (Å²) in [6, 6.07) is 3.72. The first-order valence-corrected chi connectivity index (χ1v) is 8.89. The summed E-state index contributed by atoms with van der Waals surface area (Å²) in [5, 5.41) is 3.29. The van der Waals surface area contributed by atoms with Gasteiger partial charge in [-0.2, -0.15) is 0 Å². The second-order valence-corrected chi connectivity index (χ2v) is 7.38. The first-order valence-electron chi connectivity index (χ1n) is 8.13. The molecular weight excluding hydrogens is 365 g/mol. The van der Waals surface area contributed by atoms with E-state index in [1.54, 1.807) is 6.07 Å².